The van der Waals surface area contributed by atoms with Crippen molar-refractivity contribution in [1.29, 1.82) is 0 Å². The topological polar surface area (TPSA) is 177 Å². The lowest BCUT2D eigenvalue weighted by atomic mass is 10.0. The summed E-state index contributed by atoms with van der Waals surface area (Å²) >= 11 is 0. The number of hydrogen-bond acceptors (Lipinski definition) is 9. The van der Waals surface area contributed by atoms with E-state index in [1.54, 1.807) is 12.1 Å². The van der Waals surface area contributed by atoms with Crippen molar-refractivity contribution in [2.45, 2.75) is 44.8 Å². The van der Waals surface area contributed by atoms with Gasteiger partial charge in [-0.1, -0.05) is 19.4 Å². The molecule has 0 bridgehead atoms. The molecule has 40 heavy (non-hydrogen) atoms. The van der Waals surface area contributed by atoms with Gasteiger partial charge in [0, 0.05) is 37.9 Å². The molecule has 0 radical (unpaired) electrons. The Morgan fingerprint density at radius 2 is 1.75 bits per heavy atom. The molecule has 14 heteroatoms. The molecule has 2 aromatic rings. The molecule has 1 saturated heterocycles. The van der Waals surface area contributed by atoms with Crippen LogP contribution >= 0.6 is 0 Å². The van der Waals surface area contributed by atoms with E-state index < -0.39 is 37.9 Å². The molecule has 1 aliphatic heterocycles. The van der Waals surface area contributed by atoms with Gasteiger partial charge in [-0.3, -0.25) is 13.8 Å². The first-order valence-corrected chi connectivity index (χ1v) is 16.6. The molecule has 1 atom stereocenters. The highest BCUT2D eigenvalue weighted by atomic mass is 32.2. The van der Waals surface area contributed by atoms with Crippen LogP contribution in [0.5, 0.6) is 5.75 Å². The molecule has 12 nitrogen and oxygen atoms in total. The minimum Gasteiger partial charge on any atom is -0.506 e. The summed E-state index contributed by atoms with van der Waals surface area (Å²) in [6.07, 6.45) is 3.07. The summed E-state index contributed by atoms with van der Waals surface area (Å²) in [7, 11) is -7.57. The third-order valence-corrected chi connectivity index (χ3v) is 8.92. The number of carbonyl (C=O) groups is 1. The van der Waals surface area contributed by atoms with Gasteiger partial charge in [-0.05, 0) is 61.2 Å². The normalized spacial score (nSPS) is 15.5. The van der Waals surface area contributed by atoms with Crippen molar-refractivity contribution in [2.75, 3.05) is 52.1 Å². The number of carboxylic acid groups (broad SMARTS) is 1. The van der Waals surface area contributed by atoms with Gasteiger partial charge in [-0.2, -0.15) is 0 Å². The highest BCUT2D eigenvalue weighted by Gasteiger charge is 2.26. The molecule has 0 spiro atoms. The smallest absolute Gasteiger partial charge is 0.320 e. The van der Waals surface area contributed by atoms with Gasteiger partial charge in [0.2, 0.25) is 20.0 Å². The molecule has 0 amide bonds. The second kappa shape index (κ2) is 13.5. The van der Waals surface area contributed by atoms with E-state index in [9.17, 15) is 31.8 Å². The predicted octanol–water partition coefficient (Wildman–Crippen LogP) is 2.08. The number of unbranched alkanes of at least 4 members (excludes halogenated alkanes) is 1. The molecule has 222 valence electrons. The third kappa shape index (κ3) is 8.98. The molecule has 2 aromatic carbocycles. The number of piperidine rings is 1. The van der Waals surface area contributed by atoms with Crippen molar-refractivity contribution in [3.05, 3.63) is 48.0 Å². The monoisotopic (exact) mass is 598 g/mol. The Labute approximate surface area is 235 Å². The maximum absolute atomic E-state index is 12.6. The first kappa shape index (κ1) is 31.5. The number of sulfonamides is 2. The number of hydrogen-bond donors (Lipinski definition) is 5. The minimum absolute atomic E-state index is 0.00588. The summed E-state index contributed by atoms with van der Waals surface area (Å²) < 4.78 is 51.7. The second-order valence-electron chi connectivity index (χ2n) is 9.93. The van der Waals surface area contributed by atoms with Crippen LogP contribution in [0.15, 0.2) is 42.5 Å². The van der Waals surface area contributed by atoms with E-state index in [1.807, 2.05) is 19.1 Å². The zero-order valence-electron chi connectivity index (χ0n) is 22.7. The Kier molecular flexibility index (Phi) is 10.6. The third-order valence-electron chi connectivity index (χ3n) is 6.65. The Morgan fingerprint density at radius 3 is 2.33 bits per heavy atom. The lowest BCUT2D eigenvalue weighted by Crippen LogP contribution is -2.43. The highest BCUT2D eigenvalue weighted by molar-refractivity contribution is 7.93. The molecule has 0 saturated carbocycles. The molecular weight excluding hydrogens is 560 g/mol. The lowest BCUT2D eigenvalue weighted by molar-refractivity contribution is -0.134. The number of aliphatic hydroxyl groups is 1. The summed E-state index contributed by atoms with van der Waals surface area (Å²) in [5, 5.41) is 32.9. The highest BCUT2D eigenvalue weighted by Crippen LogP contribution is 2.29. The Hall–Kier alpha value is -3.07. The summed E-state index contributed by atoms with van der Waals surface area (Å²) in [5.74, 6) is -2.58. The number of aliphatic hydroxyl groups excluding tert-OH is 1. The number of aliphatic carboxylic acids is 1. The standard InChI is InChI=1S/C26H38N4O8S2/c1-3-4-13-30(40(37,38)18-26(33)34)22-8-6-21(7-9-22)29-14-11-20(12-15-29)27-17-25(32)19-5-10-24(31)23(16-19)28-39(2,35)36/h5-10,16,20,25,27-28,31-32H,3-4,11-15,17-18H2,1-2H3,(H,33,34)/t25-/m0/s1. The lowest BCUT2D eigenvalue weighted by Gasteiger charge is -2.34. The SMILES string of the molecule is CCCCN(c1ccc(N2CCC(NC[C@H](O)c3ccc(O)c(NS(C)(=O)=O)c3)CC2)cc1)S(=O)(=O)CC(=O)O. The van der Waals surface area contributed by atoms with Gasteiger partial charge in [0.1, 0.15) is 5.75 Å². The average molecular weight is 599 g/mol. The Balaban J connectivity index is 1.56. The number of benzene rings is 2. The molecule has 1 fully saturated rings. The quantitative estimate of drug-likeness (QED) is 0.202. The van der Waals surface area contributed by atoms with Crippen molar-refractivity contribution in [3.8, 4) is 5.75 Å². The van der Waals surface area contributed by atoms with Crippen LogP contribution < -0.4 is 19.2 Å². The van der Waals surface area contributed by atoms with E-state index in [1.165, 1.54) is 22.5 Å². The fraction of sp³-hybridized carbons (Fsp3) is 0.500. The number of aromatic hydroxyl groups is 1. The fourth-order valence-corrected chi connectivity index (χ4v) is 6.46. The maximum atomic E-state index is 12.6. The summed E-state index contributed by atoms with van der Waals surface area (Å²) in [6, 6.07) is 11.5. The van der Waals surface area contributed by atoms with Crippen LogP contribution in [-0.2, 0) is 24.8 Å². The van der Waals surface area contributed by atoms with Crippen LogP contribution in [0, 0.1) is 0 Å². The summed E-state index contributed by atoms with van der Waals surface area (Å²) in [6.45, 7) is 3.89. The zero-order valence-corrected chi connectivity index (χ0v) is 24.3. The first-order valence-electron chi connectivity index (χ1n) is 13.1. The predicted molar refractivity (Wildman–Crippen MR) is 155 cm³/mol. The van der Waals surface area contributed by atoms with E-state index in [0.29, 0.717) is 17.7 Å². The molecule has 0 aromatic heterocycles. The average Bonchev–Trinajstić information content (AvgIpc) is 2.88. The van der Waals surface area contributed by atoms with E-state index in [-0.39, 0.29) is 30.6 Å². The number of rotatable bonds is 14. The van der Waals surface area contributed by atoms with Gasteiger partial charge in [0.05, 0.1) is 23.7 Å². The molecule has 1 aliphatic rings. The fourth-order valence-electron chi connectivity index (χ4n) is 4.57. The number of phenolic OH excluding ortho intramolecular Hbond substituents is 1. The van der Waals surface area contributed by atoms with Gasteiger partial charge < -0.3 is 25.5 Å². The zero-order chi connectivity index (χ0) is 29.5. The van der Waals surface area contributed by atoms with Crippen molar-refractivity contribution in [2.24, 2.45) is 0 Å². The van der Waals surface area contributed by atoms with E-state index in [2.05, 4.69) is 14.9 Å². The number of nitrogens with zero attached hydrogens (tertiary/aromatic N) is 2. The van der Waals surface area contributed by atoms with Crippen molar-refractivity contribution in [1.82, 2.24) is 5.32 Å². The van der Waals surface area contributed by atoms with Crippen LogP contribution in [0.25, 0.3) is 0 Å². The van der Waals surface area contributed by atoms with Gasteiger partial charge in [-0.25, -0.2) is 16.8 Å². The Morgan fingerprint density at radius 1 is 1.10 bits per heavy atom. The minimum atomic E-state index is -3.99. The van der Waals surface area contributed by atoms with Crippen LogP contribution in [-0.4, -0.2) is 82.4 Å². The largest absolute Gasteiger partial charge is 0.506 e. The number of phenols is 1. The van der Waals surface area contributed by atoms with Gasteiger partial charge >= 0.3 is 5.97 Å². The van der Waals surface area contributed by atoms with Crippen LogP contribution in [0.4, 0.5) is 17.1 Å². The van der Waals surface area contributed by atoms with Crippen LogP contribution in [0.2, 0.25) is 0 Å². The van der Waals surface area contributed by atoms with Gasteiger partial charge in [0.15, 0.2) is 5.75 Å². The number of nitrogens with one attached hydrogen (secondary N) is 2. The molecule has 1 heterocycles. The summed E-state index contributed by atoms with van der Waals surface area (Å²) in [4.78, 5) is 13.3. The van der Waals surface area contributed by atoms with Crippen LogP contribution in [0.3, 0.4) is 0 Å². The van der Waals surface area contributed by atoms with Crippen LogP contribution in [0.1, 0.15) is 44.3 Å². The van der Waals surface area contributed by atoms with Crippen molar-refractivity contribution >= 4 is 43.1 Å². The molecule has 5 N–H and O–H groups in total. The summed E-state index contributed by atoms with van der Waals surface area (Å²) in [5.41, 5.74) is 1.84. The van der Waals surface area contributed by atoms with Gasteiger partial charge in [0.25, 0.3) is 0 Å². The number of carboxylic acids is 1. The second-order valence-corrected chi connectivity index (χ2v) is 13.6. The van der Waals surface area contributed by atoms with E-state index in [4.69, 9.17) is 5.11 Å². The maximum Gasteiger partial charge on any atom is 0.320 e. The number of anilines is 3. The molecular formula is C26H38N4O8S2. The van der Waals surface area contributed by atoms with Gasteiger partial charge in [-0.15, -0.1) is 0 Å². The molecule has 3 rings (SSSR count). The van der Waals surface area contributed by atoms with Crippen molar-refractivity contribution < 1.29 is 36.9 Å². The van der Waals surface area contributed by atoms with Crippen molar-refractivity contribution in [3.63, 3.8) is 0 Å². The first-order chi connectivity index (χ1) is 18.8. The Bertz CT molecular complexity index is 1360. The molecule has 0 unspecified atom stereocenters. The molecule has 0 aliphatic carbocycles. The van der Waals surface area contributed by atoms with E-state index >= 15 is 0 Å². The van der Waals surface area contributed by atoms with E-state index in [0.717, 1.165) is 44.3 Å².